The van der Waals surface area contributed by atoms with Crippen LogP contribution in [-0.2, 0) is 21.6 Å². The summed E-state index contributed by atoms with van der Waals surface area (Å²) in [6, 6.07) is 14.7. The van der Waals surface area contributed by atoms with Crippen LogP contribution in [0.3, 0.4) is 0 Å². The van der Waals surface area contributed by atoms with Crippen LogP contribution in [0.4, 0.5) is 0 Å². The van der Waals surface area contributed by atoms with Crippen LogP contribution in [0.2, 0.25) is 0 Å². The van der Waals surface area contributed by atoms with Crippen LogP contribution in [-0.4, -0.2) is 30.3 Å². The van der Waals surface area contributed by atoms with Gasteiger partial charge in [-0.05, 0) is 31.5 Å². The number of esters is 1. The van der Waals surface area contributed by atoms with E-state index in [0.29, 0.717) is 22.9 Å². The van der Waals surface area contributed by atoms with Gasteiger partial charge in [0.1, 0.15) is 11.5 Å². The lowest BCUT2D eigenvalue weighted by Gasteiger charge is -2.22. The lowest BCUT2D eigenvalue weighted by atomic mass is 9.85. The van der Waals surface area contributed by atoms with Gasteiger partial charge in [-0.1, -0.05) is 35.5 Å². The highest BCUT2D eigenvalue weighted by Gasteiger charge is 2.31. The quantitative estimate of drug-likeness (QED) is 0.575. The number of carbonyl (C=O) groups is 1. The summed E-state index contributed by atoms with van der Waals surface area (Å²) in [6.07, 6.45) is 0. The van der Waals surface area contributed by atoms with Gasteiger partial charge in [-0.15, -0.1) is 0 Å². The Hall–Kier alpha value is -3.35. The van der Waals surface area contributed by atoms with E-state index in [4.69, 9.17) is 18.7 Å². The fourth-order valence-corrected chi connectivity index (χ4v) is 2.69. The summed E-state index contributed by atoms with van der Waals surface area (Å²) in [5.74, 6) is 1.37. The van der Waals surface area contributed by atoms with Crippen molar-refractivity contribution in [3.8, 4) is 22.9 Å². The first-order valence-corrected chi connectivity index (χ1v) is 8.73. The monoisotopic (exact) mass is 382 g/mol. The van der Waals surface area contributed by atoms with Crippen molar-refractivity contribution >= 4 is 5.97 Å². The van der Waals surface area contributed by atoms with Crippen molar-refractivity contribution in [2.45, 2.75) is 25.9 Å². The Bertz CT molecular complexity index is 950. The van der Waals surface area contributed by atoms with Crippen molar-refractivity contribution in [2.75, 3.05) is 14.2 Å². The molecule has 0 aliphatic rings. The highest BCUT2D eigenvalue weighted by Crippen LogP contribution is 2.31. The SMILES string of the molecule is COc1ccc(-c2noc(COC(=O)C(C)(C)c3ccccc3)n2)c(OC)c1. The molecule has 0 spiro atoms. The Labute approximate surface area is 163 Å². The number of benzene rings is 2. The van der Waals surface area contributed by atoms with Gasteiger partial charge in [-0.25, -0.2) is 0 Å². The minimum atomic E-state index is -0.788. The van der Waals surface area contributed by atoms with Gasteiger partial charge in [-0.3, -0.25) is 4.79 Å². The molecule has 28 heavy (non-hydrogen) atoms. The third-order valence-corrected chi connectivity index (χ3v) is 4.45. The number of hydrogen-bond donors (Lipinski definition) is 0. The first kappa shape index (κ1) is 19.4. The number of methoxy groups -OCH3 is 2. The molecule has 0 N–H and O–H groups in total. The zero-order valence-corrected chi connectivity index (χ0v) is 16.3. The minimum Gasteiger partial charge on any atom is -0.497 e. The number of nitrogens with zero attached hydrogens (tertiary/aromatic N) is 2. The van der Waals surface area contributed by atoms with Crippen LogP contribution >= 0.6 is 0 Å². The van der Waals surface area contributed by atoms with Crippen LogP contribution in [0.5, 0.6) is 11.5 Å². The van der Waals surface area contributed by atoms with E-state index in [1.807, 2.05) is 44.2 Å². The van der Waals surface area contributed by atoms with E-state index in [9.17, 15) is 4.79 Å². The summed E-state index contributed by atoms with van der Waals surface area (Å²) >= 11 is 0. The fraction of sp³-hybridized carbons (Fsp3) is 0.286. The van der Waals surface area contributed by atoms with E-state index in [1.54, 1.807) is 32.4 Å². The zero-order valence-electron chi connectivity index (χ0n) is 16.3. The molecule has 146 valence electrons. The van der Waals surface area contributed by atoms with Crippen LogP contribution < -0.4 is 9.47 Å². The molecule has 3 rings (SSSR count). The van der Waals surface area contributed by atoms with Gasteiger partial charge in [0.25, 0.3) is 5.89 Å². The van der Waals surface area contributed by atoms with Gasteiger partial charge in [0.2, 0.25) is 5.82 Å². The van der Waals surface area contributed by atoms with Crippen LogP contribution in [0.15, 0.2) is 53.1 Å². The molecule has 0 atom stereocenters. The maximum Gasteiger partial charge on any atom is 0.316 e. The summed E-state index contributed by atoms with van der Waals surface area (Å²) < 4.78 is 21.2. The predicted molar refractivity (Wildman–Crippen MR) is 102 cm³/mol. The lowest BCUT2D eigenvalue weighted by molar-refractivity contribution is -0.151. The Morgan fingerprint density at radius 1 is 1.07 bits per heavy atom. The Morgan fingerprint density at radius 2 is 1.82 bits per heavy atom. The van der Waals surface area contributed by atoms with Crippen LogP contribution in [0.25, 0.3) is 11.4 Å². The third-order valence-electron chi connectivity index (χ3n) is 4.45. The number of rotatable bonds is 7. The van der Waals surface area contributed by atoms with Gasteiger partial charge < -0.3 is 18.7 Å². The second kappa shape index (κ2) is 8.12. The van der Waals surface area contributed by atoms with Gasteiger partial charge in [0.05, 0.1) is 25.2 Å². The molecule has 0 fully saturated rings. The summed E-state index contributed by atoms with van der Waals surface area (Å²) in [6.45, 7) is 3.51. The normalized spacial score (nSPS) is 11.1. The number of carbonyl (C=O) groups excluding carboxylic acids is 1. The molecule has 2 aromatic carbocycles. The average Bonchev–Trinajstić information content (AvgIpc) is 3.20. The van der Waals surface area contributed by atoms with E-state index in [2.05, 4.69) is 10.1 Å². The first-order valence-electron chi connectivity index (χ1n) is 8.73. The van der Waals surface area contributed by atoms with Gasteiger partial charge in [0, 0.05) is 6.07 Å². The minimum absolute atomic E-state index is 0.111. The Kier molecular flexibility index (Phi) is 5.63. The first-order chi connectivity index (χ1) is 13.5. The molecule has 0 saturated carbocycles. The maximum absolute atomic E-state index is 12.5. The lowest BCUT2D eigenvalue weighted by Crippen LogP contribution is -2.30. The molecular formula is C21H22N2O5. The molecule has 0 aliphatic carbocycles. The third kappa shape index (κ3) is 3.98. The molecule has 7 nitrogen and oxygen atoms in total. The van der Waals surface area contributed by atoms with Gasteiger partial charge in [0.15, 0.2) is 6.61 Å². The number of ether oxygens (including phenoxy) is 3. The molecule has 1 aromatic heterocycles. The smallest absolute Gasteiger partial charge is 0.316 e. The molecular weight excluding hydrogens is 360 g/mol. The Balaban J connectivity index is 1.71. The van der Waals surface area contributed by atoms with E-state index in [0.717, 1.165) is 5.56 Å². The number of hydrogen-bond acceptors (Lipinski definition) is 7. The average molecular weight is 382 g/mol. The van der Waals surface area contributed by atoms with Crippen molar-refractivity contribution in [3.63, 3.8) is 0 Å². The highest BCUT2D eigenvalue weighted by atomic mass is 16.6. The van der Waals surface area contributed by atoms with Crippen molar-refractivity contribution in [1.29, 1.82) is 0 Å². The molecule has 1 heterocycles. The molecule has 7 heteroatoms. The number of aromatic nitrogens is 2. The molecule has 0 bridgehead atoms. The van der Waals surface area contributed by atoms with E-state index in [-0.39, 0.29) is 18.5 Å². The topological polar surface area (TPSA) is 83.7 Å². The molecule has 0 unspecified atom stereocenters. The Morgan fingerprint density at radius 3 is 2.50 bits per heavy atom. The summed E-state index contributed by atoms with van der Waals surface area (Å²) in [7, 11) is 3.12. The van der Waals surface area contributed by atoms with E-state index < -0.39 is 5.41 Å². The van der Waals surface area contributed by atoms with Crippen LogP contribution in [0, 0.1) is 0 Å². The molecule has 0 radical (unpaired) electrons. The van der Waals surface area contributed by atoms with Gasteiger partial charge >= 0.3 is 5.97 Å². The molecule has 0 amide bonds. The second-order valence-corrected chi connectivity index (χ2v) is 6.65. The van der Waals surface area contributed by atoms with E-state index in [1.165, 1.54) is 0 Å². The largest absolute Gasteiger partial charge is 0.497 e. The summed E-state index contributed by atoms with van der Waals surface area (Å²) in [5.41, 5.74) is 0.729. The van der Waals surface area contributed by atoms with E-state index >= 15 is 0 Å². The molecule has 3 aromatic rings. The van der Waals surface area contributed by atoms with Gasteiger partial charge in [-0.2, -0.15) is 4.98 Å². The van der Waals surface area contributed by atoms with Crippen molar-refractivity contribution in [3.05, 3.63) is 60.0 Å². The highest BCUT2D eigenvalue weighted by molar-refractivity contribution is 5.82. The summed E-state index contributed by atoms with van der Waals surface area (Å²) in [4.78, 5) is 16.8. The summed E-state index contributed by atoms with van der Waals surface area (Å²) in [5, 5.41) is 3.95. The van der Waals surface area contributed by atoms with Crippen molar-refractivity contribution in [1.82, 2.24) is 10.1 Å². The zero-order chi connectivity index (χ0) is 20.1. The standard InChI is InChI=1S/C21H22N2O5/c1-21(2,14-8-6-5-7-9-14)20(24)27-13-18-22-19(23-28-18)16-11-10-15(25-3)12-17(16)26-4/h5-12H,13H2,1-4H3. The van der Waals surface area contributed by atoms with Crippen molar-refractivity contribution in [2.24, 2.45) is 0 Å². The second-order valence-electron chi connectivity index (χ2n) is 6.65. The molecule has 0 saturated heterocycles. The maximum atomic E-state index is 12.5. The fourth-order valence-electron chi connectivity index (χ4n) is 2.69. The van der Waals surface area contributed by atoms with Crippen LogP contribution in [0.1, 0.15) is 25.3 Å². The predicted octanol–water partition coefficient (Wildman–Crippen LogP) is 3.77. The molecule has 0 aliphatic heterocycles. The van der Waals surface area contributed by atoms with Crippen molar-refractivity contribution < 1.29 is 23.5 Å².